The quantitative estimate of drug-likeness (QED) is 0.711. The predicted octanol–water partition coefficient (Wildman–Crippen LogP) is 0.911. The molecule has 2 rings (SSSR count). The zero-order chi connectivity index (χ0) is 9.31. The second-order valence-electron chi connectivity index (χ2n) is 3.34. The summed E-state index contributed by atoms with van der Waals surface area (Å²) in [4.78, 5) is 11.5. The average molecular weight is 200 g/mol. The maximum absolute atomic E-state index is 11.5. The number of alkyl halides is 1. The van der Waals surface area contributed by atoms with Crippen molar-refractivity contribution in [1.29, 1.82) is 0 Å². The lowest BCUT2D eigenvalue weighted by atomic mass is 10.3. The molecule has 2 N–H and O–H groups in total. The summed E-state index contributed by atoms with van der Waals surface area (Å²) in [7, 11) is 0. The lowest BCUT2D eigenvalue weighted by Gasteiger charge is -2.12. The van der Waals surface area contributed by atoms with E-state index in [0.29, 0.717) is 11.6 Å². The van der Waals surface area contributed by atoms with Crippen LogP contribution in [-0.2, 0) is 0 Å². The normalized spacial score (nSPS) is 18.2. The van der Waals surface area contributed by atoms with E-state index in [4.69, 9.17) is 11.6 Å². The molecule has 0 unspecified atom stereocenters. The Kier molecular flexibility index (Phi) is 2.00. The highest BCUT2D eigenvalue weighted by Crippen LogP contribution is 2.36. The van der Waals surface area contributed by atoms with Gasteiger partial charge in [0.1, 0.15) is 5.69 Å². The third-order valence-electron chi connectivity index (χ3n) is 2.23. The molecule has 1 aromatic heterocycles. The number of hydrogen-bond donors (Lipinski definition) is 2. The van der Waals surface area contributed by atoms with Crippen LogP contribution in [0.4, 0.5) is 0 Å². The Hall–Kier alpha value is -1.03. The molecule has 1 aliphatic rings. The number of aromatic nitrogens is 2. The number of rotatable bonds is 3. The summed E-state index contributed by atoms with van der Waals surface area (Å²) < 4.78 is 0. The monoisotopic (exact) mass is 199 g/mol. The van der Waals surface area contributed by atoms with Crippen molar-refractivity contribution in [1.82, 2.24) is 15.5 Å². The molecule has 1 fully saturated rings. The lowest BCUT2D eigenvalue weighted by Crippen LogP contribution is -2.38. The number of nitrogens with zero attached hydrogens (tertiary/aromatic N) is 1. The van der Waals surface area contributed by atoms with Gasteiger partial charge in [0, 0.05) is 12.1 Å². The number of carbonyl (C=O) groups is 1. The second kappa shape index (κ2) is 3.03. The Morgan fingerprint density at radius 2 is 2.54 bits per heavy atom. The molecule has 0 spiro atoms. The molecule has 0 aliphatic heterocycles. The first-order chi connectivity index (χ1) is 6.26. The minimum Gasteiger partial charge on any atom is -0.344 e. The standard InChI is InChI=1S/C8H10ClN3O/c9-5-8(2-3-8)11-7(13)6-1-4-10-12-6/h1,4H,2-3,5H2,(H,10,12)(H,11,13). The van der Waals surface area contributed by atoms with Crippen LogP contribution in [0.5, 0.6) is 0 Å². The summed E-state index contributed by atoms with van der Waals surface area (Å²) in [6.45, 7) is 0. The van der Waals surface area contributed by atoms with Crippen molar-refractivity contribution in [3.05, 3.63) is 18.0 Å². The van der Waals surface area contributed by atoms with Gasteiger partial charge in [0.25, 0.3) is 5.91 Å². The smallest absolute Gasteiger partial charge is 0.269 e. The molecular weight excluding hydrogens is 190 g/mol. The van der Waals surface area contributed by atoms with Gasteiger partial charge in [0.2, 0.25) is 0 Å². The summed E-state index contributed by atoms with van der Waals surface area (Å²) in [6, 6.07) is 1.64. The number of nitrogens with one attached hydrogen (secondary N) is 2. The average Bonchev–Trinajstić information content (AvgIpc) is 2.69. The second-order valence-corrected chi connectivity index (χ2v) is 3.61. The van der Waals surface area contributed by atoms with Gasteiger partial charge in [-0.3, -0.25) is 9.89 Å². The minimum absolute atomic E-state index is 0.129. The van der Waals surface area contributed by atoms with Gasteiger partial charge >= 0.3 is 0 Å². The molecule has 0 radical (unpaired) electrons. The van der Waals surface area contributed by atoms with Crippen molar-refractivity contribution in [3.8, 4) is 0 Å². The molecule has 1 aromatic rings. The highest BCUT2D eigenvalue weighted by atomic mass is 35.5. The van der Waals surface area contributed by atoms with E-state index >= 15 is 0 Å². The van der Waals surface area contributed by atoms with Crippen molar-refractivity contribution >= 4 is 17.5 Å². The molecule has 5 heteroatoms. The number of carbonyl (C=O) groups excluding carboxylic acids is 1. The molecule has 13 heavy (non-hydrogen) atoms. The Balaban J connectivity index is 2.00. The molecule has 0 atom stereocenters. The van der Waals surface area contributed by atoms with Gasteiger partial charge in [-0.2, -0.15) is 5.10 Å². The number of aromatic amines is 1. The third-order valence-corrected chi connectivity index (χ3v) is 2.75. The van der Waals surface area contributed by atoms with Crippen LogP contribution in [0.15, 0.2) is 12.3 Å². The van der Waals surface area contributed by atoms with Gasteiger partial charge in [-0.1, -0.05) is 0 Å². The van der Waals surface area contributed by atoms with Crippen molar-refractivity contribution in [3.63, 3.8) is 0 Å². The molecule has 4 nitrogen and oxygen atoms in total. The van der Waals surface area contributed by atoms with E-state index in [2.05, 4.69) is 15.5 Å². The van der Waals surface area contributed by atoms with Crippen LogP contribution in [0.1, 0.15) is 23.3 Å². The lowest BCUT2D eigenvalue weighted by molar-refractivity contribution is 0.0931. The van der Waals surface area contributed by atoms with Crippen LogP contribution < -0.4 is 5.32 Å². The number of amides is 1. The van der Waals surface area contributed by atoms with Gasteiger partial charge in [-0.15, -0.1) is 11.6 Å². The fraction of sp³-hybridized carbons (Fsp3) is 0.500. The van der Waals surface area contributed by atoms with Crippen LogP contribution in [0, 0.1) is 0 Å². The highest BCUT2D eigenvalue weighted by Gasteiger charge is 2.43. The largest absolute Gasteiger partial charge is 0.344 e. The third kappa shape index (κ3) is 1.67. The van der Waals surface area contributed by atoms with Gasteiger partial charge in [0.05, 0.1) is 5.54 Å². The first-order valence-electron chi connectivity index (χ1n) is 4.14. The summed E-state index contributed by atoms with van der Waals surface area (Å²) in [5.41, 5.74) is 0.334. The first-order valence-corrected chi connectivity index (χ1v) is 4.67. The molecule has 1 heterocycles. The predicted molar refractivity (Wildman–Crippen MR) is 48.7 cm³/mol. The molecular formula is C8H10ClN3O. The fourth-order valence-electron chi connectivity index (χ4n) is 1.13. The fourth-order valence-corrected chi connectivity index (χ4v) is 1.47. The van der Waals surface area contributed by atoms with Crippen molar-refractivity contribution < 1.29 is 4.79 Å². The SMILES string of the molecule is O=C(NC1(CCl)CC1)c1ccn[nH]1. The van der Waals surface area contributed by atoms with E-state index in [1.165, 1.54) is 0 Å². The maximum Gasteiger partial charge on any atom is 0.269 e. The zero-order valence-electron chi connectivity index (χ0n) is 7.01. The summed E-state index contributed by atoms with van der Waals surface area (Å²) in [5, 5.41) is 9.18. The van der Waals surface area contributed by atoms with Gasteiger partial charge < -0.3 is 5.32 Å². The van der Waals surface area contributed by atoms with E-state index in [1.807, 2.05) is 0 Å². The van der Waals surface area contributed by atoms with Gasteiger partial charge in [-0.25, -0.2) is 0 Å². The maximum atomic E-state index is 11.5. The first kappa shape index (κ1) is 8.56. The minimum atomic E-state index is -0.149. The Bertz CT molecular complexity index is 305. The Labute approximate surface area is 80.7 Å². The number of H-pyrrole nitrogens is 1. The van der Waals surface area contributed by atoms with Gasteiger partial charge in [0.15, 0.2) is 0 Å². The molecule has 70 valence electrons. The van der Waals surface area contributed by atoms with Crippen LogP contribution in [0.25, 0.3) is 0 Å². The summed E-state index contributed by atoms with van der Waals surface area (Å²) >= 11 is 5.72. The highest BCUT2D eigenvalue weighted by molar-refractivity contribution is 6.19. The van der Waals surface area contributed by atoms with Crippen LogP contribution in [0.3, 0.4) is 0 Å². The number of halogens is 1. The Morgan fingerprint density at radius 1 is 1.77 bits per heavy atom. The van der Waals surface area contributed by atoms with Gasteiger partial charge in [-0.05, 0) is 18.9 Å². The van der Waals surface area contributed by atoms with E-state index in [-0.39, 0.29) is 11.4 Å². The molecule has 0 bridgehead atoms. The molecule has 1 amide bonds. The van der Waals surface area contributed by atoms with Crippen LogP contribution in [-0.4, -0.2) is 27.5 Å². The van der Waals surface area contributed by atoms with E-state index < -0.39 is 0 Å². The van der Waals surface area contributed by atoms with Crippen molar-refractivity contribution in [2.75, 3.05) is 5.88 Å². The summed E-state index contributed by atoms with van der Waals surface area (Å²) in [5.74, 6) is 0.350. The van der Waals surface area contributed by atoms with Crippen molar-refractivity contribution in [2.24, 2.45) is 0 Å². The zero-order valence-corrected chi connectivity index (χ0v) is 7.77. The number of hydrogen-bond acceptors (Lipinski definition) is 2. The molecule has 0 saturated heterocycles. The van der Waals surface area contributed by atoms with E-state index in [1.54, 1.807) is 12.3 Å². The molecule has 1 saturated carbocycles. The molecule has 1 aliphatic carbocycles. The molecule has 0 aromatic carbocycles. The Morgan fingerprint density at radius 3 is 3.00 bits per heavy atom. The van der Waals surface area contributed by atoms with E-state index in [9.17, 15) is 4.79 Å². The van der Waals surface area contributed by atoms with E-state index in [0.717, 1.165) is 12.8 Å². The van der Waals surface area contributed by atoms with Crippen LogP contribution in [0.2, 0.25) is 0 Å². The summed E-state index contributed by atoms with van der Waals surface area (Å²) in [6.07, 6.45) is 3.49. The topological polar surface area (TPSA) is 57.8 Å². The van der Waals surface area contributed by atoms with Crippen molar-refractivity contribution in [2.45, 2.75) is 18.4 Å². The van der Waals surface area contributed by atoms with Crippen LogP contribution >= 0.6 is 11.6 Å².